The van der Waals surface area contributed by atoms with E-state index in [0.717, 1.165) is 11.3 Å². The monoisotopic (exact) mass is 278 g/mol. The van der Waals surface area contributed by atoms with Gasteiger partial charge in [0.2, 0.25) is 0 Å². The molecule has 0 atom stereocenters. The number of benzene rings is 2. The molecule has 3 nitrogen and oxygen atoms in total. The predicted molar refractivity (Wildman–Crippen MR) is 79.9 cm³/mol. The summed E-state index contributed by atoms with van der Waals surface area (Å²) in [4.78, 5) is 24.6. The van der Waals surface area contributed by atoms with E-state index in [1.54, 1.807) is 31.4 Å². The Balaban J connectivity index is 1.98. The summed E-state index contributed by atoms with van der Waals surface area (Å²) in [6.45, 7) is 0. The van der Waals surface area contributed by atoms with Crippen LogP contribution in [0.4, 0.5) is 0 Å². The van der Waals surface area contributed by atoms with Crippen molar-refractivity contribution in [2.45, 2.75) is 6.42 Å². The van der Waals surface area contributed by atoms with Crippen molar-refractivity contribution in [3.05, 3.63) is 76.9 Å². The third-order valence-electron chi connectivity index (χ3n) is 3.61. The molecule has 104 valence electrons. The summed E-state index contributed by atoms with van der Waals surface area (Å²) in [6, 6.07) is 14.4. The lowest BCUT2D eigenvalue weighted by Crippen LogP contribution is -2.18. The number of methoxy groups -OCH3 is 1. The molecule has 0 aromatic heterocycles. The van der Waals surface area contributed by atoms with Crippen molar-refractivity contribution >= 4 is 11.6 Å². The van der Waals surface area contributed by atoms with E-state index in [1.807, 2.05) is 24.3 Å². The number of carbonyl (C=O) groups excluding carboxylic acids is 2. The average Bonchev–Trinajstić information content (AvgIpc) is 2.53. The Morgan fingerprint density at radius 1 is 0.905 bits per heavy atom. The van der Waals surface area contributed by atoms with E-state index in [9.17, 15) is 9.59 Å². The Labute approximate surface area is 122 Å². The van der Waals surface area contributed by atoms with E-state index in [-0.39, 0.29) is 11.6 Å². The van der Waals surface area contributed by atoms with Gasteiger partial charge in [0.15, 0.2) is 11.6 Å². The van der Waals surface area contributed by atoms with Crippen LogP contribution in [0.2, 0.25) is 0 Å². The first-order valence-electron chi connectivity index (χ1n) is 6.71. The number of hydrogen-bond donors (Lipinski definition) is 0. The molecule has 1 aliphatic carbocycles. The number of allylic oxidation sites excluding steroid dienone is 2. The Morgan fingerprint density at radius 3 is 2.33 bits per heavy atom. The van der Waals surface area contributed by atoms with Gasteiger partial charge in [0.05, 0.1) is 7.11 Å². The number of carbonyl (C=O) groups is 2. The lowest BCUT2D eigenvalue weighted by atomic mass is 9.86. The van der Waals surface area contributed by atoms with Crippen LogP contribution in [0.3, 0.4) is 0 Å². The number of ketones is 2. The van der Waals surface area contributed by atoms with Crippen LogP contribution >= 0.6 is 0 Å². The summed E-state index contributed by atoms with van der Waals surface area (Å²) >= 11 is 0. The summed E-state index contributed by atoms with van der Waals surface area (Å²) in [5, 5.41) is 0. The molecule has 0 heterocycles. The Bertz CT molecular complexity index is 757. The second kappa shape index (κ2) is 5.37. The molecule has 0 amide bonds. The lowest BCUT2D eigenvalue weighted by molar-refractivity contribution is 0.0982. The third kappa shape index (κ3) is 2.38. The number of ether oxygens (including phenoxy) is 1. The van der Waals surface area contributed by atoms with E-state index in [2.05, 4.69) is 0 Å². The normalized spacial score (nSPS) is 13.7. The number of para-hydroxylation sites is 1. The molecular weight excluding hydrogens is 264 g/mol. The maximum atomic E-state index is 12.5. The highest BCUT2D eigenvalue weighted by Crippen LogP contribution is 2.26. The molecule has 0 spiro atoms. The Morgan fingerprint density at radius 2 is 1.57 bits per heavy atom. The van der Waals surface area contributed by atoms with Crippen molar-refractivity contribution in [3.8, 4) is 5.75 Å². The number of rotatable bonds is 3. The maximum absolute atomic E-state index is 12.5. The van der Waals surface area contributed by atoms with Crippen LogP contribution in [0.1, 0.15) is 26.3 Å². The van der Waals surface area contributed by atoms with Crippen molar-refractivity contribution in [2.24, 2.45) is 0 Å². The largest absolute Gasteiger partial charge is 0.496 e. The van der Waals surface area contributed by atoms with Crippen molar-refractivity contribution in [1.29, 1.82) is 0 Å². The molecule has 0 radical (unpaired) electrons. The van der Waals surface area contributed by atoms with E-state index in [1.165, 1.54) is 6.08 Å². The molecule has 3 rings (SSSR count). The molecule has 0 unspecified atom stereocenters. The maximum Gasteiger partial charge on any atom is 0.190 e. The topological polar surface area (TPSA) is 43.4 Å². The minimum atomic E-state index is -0.116. The highest BCUT2D eigenvalue weighted by molar-refractivity contribution is 6.24. The van der Waals surface area contributed by atoms with Gasteiger partial charge in [-0.15, -0.1) is 0 Å². The molecule has 0 bridgehead atoms. The summed E-state index contributed by atoms with van der Waals surface area (Å²) in [5.74, 6) is 0.517. The predicted octanol–water partition coefficient (Wildman–Crippen LogP) is 3.24. The van der Waals surface area contributed by atoms with Gasteiger partial charge < -0.3 is 4.74 Å². The first-order valence-corrected chi connectivity index (χ1v) is 6.71. The number of fused-ring (bicyclic) bond motifs is 1. The van der Waals surface area contributed by atoms with Gasteiger partial charge >= 0.3 is 0 Å². The average molecular weight is 278 g/mol. The highest BCUT2D eigenvalue weighted by atomic mass is 16.5. The molecule has 0 saturated heterocycles. The van der Waals surface area contributed by atoms with Gasteiger partial charge in [-0.3, -0.25) is 9.59 Å². The molecule has 21 heavy (non-hydrogen) atoms. The quantitative estimate of drug-likeness (QED) is 0.865. The highest BCUT2D eigenvalue weighted by Gasteiger charge is 2.25. The van der Waals surface area contributed by atoms with Crippen LogP contribution in [0.15, 0.2) is 60.2 Å². The summed E-state index contributed by atoms with van der Waals surface area (Å²) in [5.41, 5.74) is 2.36. The van der Waals surface area contributed by atoms with E-state index in [0.29, 0.717) is 23.1 Å². The fourth-order valence-corrected chi connectivity index (χ4v) is 2.56. The van der Waals surface area contributed by atoms with E-state index in [4.69, 9.17) is 4.74 Å². The Hall–Kier alpha value is -2.68. The van der Waals surface area contributed by atoms with Crippen LogP contribution in [0.5, 0.6) is 5.75 Å². The molecule has 0 aliphatic heterocycles. The first kappa shape index (κ1) is 13.3. The van der Waals surface area contributed by atoms with Crippen LogP contribution in [0.25, 0.3) is 0 Å². The second-order valence-corrected chi connectivity index (χ2v) is 4.90. The fraction of sp³-hybridized carbons (Fsp3) is 0.111. The van der Waals surface area contributed by atoms with E-state index >= 15 is 0 Å². The lowest BCUT2D eigenvalue weighted by Gasteiger charge is -2.16. The van der Waals surface area contributed by atoms with E-state index < -0.39 is 0 Å². The van der Waals surface area contributed by atoms with Gasteiger partial charge in [-0.1, -0.05) is 42.5 Å². The smallest absolute Gasteiger partial charge is 0.190 e. The summed E-state index contributed by atoms with van der Waals surface area (Å²) < 4.78 is 5.29. The number of hydrogen-bond acceptors (Lipinski definition) is 3. The van der Waals surface area contributed by atoms with Gasteiger partial charge in [-0.2, -0.15) is 0 Å². The van der Waals surface area contributed by atoms with Crippen molar-refractivity contribution < 1.29 is 14.3 Å². The van der Waals surface area contributed by atoms with Crippen molar-refractivity contribution in [2.75, 3.05) is 7.11 Å². The molecule has 2 aromatic carbocycles. The summed E-state index contributed by atoms with van der Waals surface area (Å²) in [7, 11) is 1.59. The van der Waals surface area contributed by atoms with Crippen LogP contribution < -0.4 is 4.74 Å². The van der Waals surface area contributed by atoms with Gasteiger partial charge in [0.25, 0.3) is 0 Å². The van der Waals surface area contributed by atoms with Crippen LogP contribution in [0, 0.1) is 0 Å². The summed E-state index contributed by atoms with van der Waals surface area (Å²) in [6.07, 6.45) is 1.83. The van der Waals surface area contributed by atoms with Crippen LogP contribution in [-0.4, -0.2) is 18.7 Å². The molecule has 3 heteroatoms. The Kier molecular flexibility index (Phi) is 3.40. The second-order valence-electron chi connectivity index (χ2n) is 4.90. The SMILES string of the molecule is COc1ccccc1CC1=CC(=O)c2ccccc2C1=O. The zero-order valence-electron chi connectivity index (χ0n) is 11.6. The third-order valence-corrected chi connectivity index (χ3v) is 3.61. The molecule has 0 fully saturated rings. The molecule has 0 saturated carbocycles. The van der Waals surface area contributed by atoms with Crippen LogP contribution in [-0.2, 0) is 6.42 Å². The molecular formula is C18H14O3. The van der Waals surface area contributed by atoms with Gasteiger partial charge in [0.1, 0.15) is 5.75 Å². The van der Waals surface area contributed by atoms with Gasteiger partial charge in [-0.05, 0) is 17.7 Å². The minimum absolute atomic E-state index is 0.0869. The first-order chi connectivity index (χ1) is 10.2. The van der Waals surface area contributed by atoms with Crippen molar-refractivity contribution in [1.82, 2.24) is 0 Å². The molecule has 1 aliphatic rings. The zero-order chi connectivity index (χ0) is 14.8. The minimum Gasteiger partial charge on any atom is -0.496 e. The van der Waals surface area contributed by atoms with Crippen molar-refractivity contribution in [3.63, 3.8) is 0 Å². The standard InChI is InChI=1S/C18H14O3/c1-21-17-9-5-2-6-12(17)10-13-11-16(19)14-7-3-4-8-15(14)18(13)20/h2-9,11H,10H2,1H3. The van der Waals surface area contributed by atoms with Gasteiger partial charge in [0, 0.05) is 23.1 Å². The number of Topliss-reactive ketones (excluding diaryl/α,β-unsaturated/α-hetero) is 1. The molecule has 2 aromatic rings. The fourth-order valence-electron chi connectivity index (χ4n) is 2.56. The zero-order valence-corrected chi connectivity index (χ0v) is 11.6. The molecule has 0 N–H and O–H groups in total. The van der Waals surface area contributed by atoms with Gasteiger partial charge in [-0.25, -0.2) is 0 Å².